The standard InChI is InChI=1S/C11H21NO/c1-11(2,3)8-4-5-9-10(8)13-7-6-12-9/h8-10,12H,4-7H2,1-3H3. The third-order valence-corrected chi connectivity index (χ3v) is 3.51. The van der Waals surface area contributed by atoms with Gasteiger partial charge in [0.25, 0.3) is 0 Å². The molecule has 1 saturated carbocycles. The third kappa shape index (κ3) is 1.75. The maximum atomic E-state index is 5.88. The van der Waals surface area contributed by atoms with Crippen molar-refractivity contribution in [3.63, 3.8) is 0 Å². The third-order valence-electron chi connectivity index (χ3n) is 3.51. The molecule has 3 atom stereocenters. The van der Waals surface area contributed by atoms with Crippen LogP contribution in [0.3, 0.4) is 0 Å². The minimum atomic E-state index is 0.401. The van der Waals surface area contributed by atoms with E-state index in [-0.39, 0.29) is 0 Å². The monoisotopic (exact) mass is 183 g/mol. The summed E-state index contributed by atoms with van der Waals surface area (Å²) in [5.41, 5.74) is 0.401. The van der Waals surface area contributed by atoms with Gasteiger partial charge in [-0.05, 0) is 24.2 Å². The van der Waals surface area contributed by atoms with Gasteiger partial charge in [-0.2, -0.15) is 0 Å². The molecule has 0 spiro atoms. The zero-order chi connectivity index (χ0) is 9.47. The van der Waals surface area contributed by atoms with Crippen LogP contribution < -0.4 is 5.32 Å². The predicted octanol–water partition coefficient (Wildman–Crippen LogP) is 1.80. The van der Waals surface area contributed by atoms with Crippen LogP contribution in [0, 0.1) is 11.3 Å². The Kier molecular flexibility index (Phi) is 2.37. The lowest BCUT2D eigenvalue weighted by molar-refractivity contribution is -0.0406. The number of ether oxygens (including phenoxy) is 1. The largest absolute Gasteiger partial charge is 0.375 e. The summed E-state index contributed by atoms with van der Waals surface area (Å²) in [5, 5.41) is 3.56. The molecule has 1 aliphatic heterocycles. The molecule has 1 aliphatic carbocycles. The number of fused-ring (bicyclic) bond motifs is 1. The molecule has 1 heterocycles. The molecule has 2 heteroatoms. The van der Waals surface area contributed by atoms with E-state index in [1.807, 2.05) is 0 Å². The Morgan fingerprint density at radius 2 is 2.00 bits per heavy atom. The van der Waals surface area contributed by atoms with E-state index in [1.54, 1.807) is 0 Å². The topological polar surface area (TPSA) is 21.3 Å². The van der Waals surface area contributed by atoms with Gasteiger partial charge in [0, 0.05) is 12.6 Å². The molecule has 2 nitrogen and oxygen atoms in total. The molecule has 1 N–H and O–H groups in total. The van der Waals surface area contributed by atoms with Gasteiger partial charge in [0.05, 0.1) is 12.7 Å². The second-order valence-corrected chi connectivity index (χ2v) is 5.45. The average molecular weight is 183 g/mol. The van der Waals surface area contributed by atoms with Crippen molar-refractivity contribution in [3.05, 3.63) is 0 Å². The van der Waals surface area contributed by atoms with Gasteiger partial charge in [-0.1, -0.05) is 20.8 Å². The molecule has 2 aliphatic rings. The highest BCUT2D eigenvalue weighted by molar-refractivity contribution is 4.97. The van der Waals surface area contributed by atoms with Gasteiger partial charge >= 0.3 is 0 Å². The zero-order valence-corrected chi connectivity index (χ0v) is 8.97. The van der Waals surface area contributed by atoms with Crippen LogP contribution >= 0.6 is 0 Å². The van der Waals surface area contributed by atoms with Crippen molar-refractivity contribution in [1.82, 2.24) is 5.32 Å². The van der Waals surface area contributed by atoms with Crippen LogP contribution in [0.25, 0.3) is 0 Å². The van der Waals surface area contributed by atoms with E-state index in [2.05, 4.69) is 26.1 Å². The van der Waals surface area contributed by atoms with Crippen LogP contribution in [0.5, 0.6) is 0 Å². The predicted molar refractivity (Wildman–Crippen MR) is 53.7 cm³/mol. The normalized spacial score (nSPS) is 40.4. The van der Waals surface area contributed by atoms with Crippen LogP contribution in [0.2, 0.25) is 0 Å². The van der Waals surface area contributed by atoms with Gasteiger partial charge in [0.15, 0.2) is 0 Å². The Balaban J connectivity index is 2.07. The van der Waals surface area contributed by atoms with Gasteiger partial charge in [-0.3, -0.25) is 0 Å². The fraction of sp³-hybridized carbons (Fsp3) is 1.00. The molecular weight excluding hydrogens is 162 g/mol. The second-order valence-electron chi connectivity index (χ2n) is 5.45. The van der Waals surface area contributed by atoms with Crippen molar-refractivity contribution in [3.8, 4) is 0 Å². The first-order chi connectivity index (χ1) is 6.09. The Labute approximate surface area is 81.0 Å². The van der Waals surface area contributed by atoms with Crippen LogP contribution in [0.1, 0.15) is 33.6 Å². The van der Waals surface area contributed by atoms with Gasteiger partial charge in [0.2, 0.25) is 0 Å². The van der Waals surface area contributed by atoms with E-state index < -0.39 is 0 Å². The molecule has 1 saturated heterocycles. The smallest absolute Gasteiger partial charge is 0.0761 e. The Morgan fingerprint density at radius 1 is 1.23 bits per heavy atom. The number of hydrogen-bond acceptors (Lipinski definition) is 2. The molecule has 0 aromatic heterocycles. The highest BCUT2D eigenvalue weighted by Gasteiger charge is 2.43. The molecule has 0 amide bonds. The van der Waals surface area contributed by atoms with Gasteiger partial charge in [-0.15, -0.1) is 0 Å². The van der Waals surface area contributed by atoms with Crippen molar-refractivity contribution in [2.45, 2.75) is 45.8 Å². The first-order valence-electron chi connectivity index (χ1n) is 5.44. The molecule has 76 valence electrons. The number of hydrogen-bond donors (Lipinski definition) is 1. The van der Waals surface area contributed by atoms with E-state index >= 15 is 0 Å². The van der Waals surface area contributed by atoms with Crippen molar-refractivity contribution in [1.29, 1.82) is 0 Å². The fourth-order valence-electron chi connectivity index (χ4n) is 2.78. The summed E-state index contributed by atoms with van der Waals surface area (Å²) in [7, 11) is 0. The van der Waals surface area contributed by atoms with E-state index in [9.17, 15) is 0 Å². The maximum absolute atomic E-state index is 5.88. The van der Waals surface area contributed by atoms with Crippen LogP contribution in [-0.4, -0.2) is 25.3 Å². The lowest BCUT2D eigenvalue weighted by Gasteiger charge is -2.36. The molecular formula is C11H21NO. The minimum absolute atomic E-state index is 0.401. The van der Waals surface area contributed by atoms with Crippen molar-refractivity contribution in [2.24, 2.45) is 11.3 Å². The number of rotatable bonds is 0. The Bertz CT molecular complexity index is 185. The molecule has 0 radical (unpaired) electrons. The summed E-state index contributed by atoms with van der Waals surface area (Å²) < 4.78 is 5.88. The van der Waals surface area contributed by atoms with Gasteiger partial charge in [-0.25, -0.2) is 0 Å². The summed E-state index contributed by atoms with van der Waals surface area (Å²) in [6.07, 6.45) is 3.10. The molecule has 13 heavy (non-hydrogen) atoms. The number of morpholine rings is 1. The van der Waals surface area contributed by atoms with Crippen molar-refractivity contribution < 1.29 is 4.74 Å². The molecule has 0 aromatic rings. The van der Waals surface area contributed by atoms with E-state index in [1.165, 1.54) is 12.8 Å². The van der Waals surface area contributed by atoms with E-state index in [4.69, 9.17) is 4.74 Å². The molecule has 3 unspecified atom stereocenters. The summed E-state index contributed by atoms with van der Waals surface area (Å²) >= 11 is 0. The van der Waals surface area contributed by atoms with Crippen LogP contribution in [-0.2, 0) is 4.74 Å². The highest BCUT2D eigenvalue weighted by atomic mass is 16.5. The fourth-order valence-corrected chi connectivity index (χ4v) is 2.78. The maximum Gasteiger partial charge on any atom is 0.0761 e. The summed E-state index contributed by atoms with van der Waals surface area (Å²) in [4.78, 5) is 0. The Morgan fingerprint density at radius 3 is 2.69 bits per heavy atom. The lowest BCUT2D eigenvalue weighted by atomic mass is 9.78. The highest BCUT2D eigenvalue weighted by Crippen LogP contribution is 2.41. The molecule has 2 fully saturated rings. The quantitative estimate of drug-likeness (QED) is 0.618. The van der Waals surface area contributed by atoms with Crippen LogP contribution in [0.4, 0.5) is 0 Å². The summed E-state index contributed by atoms with van der Waals surface area (Å²) in [6, 6.07) is 0.637. The molecule has 0 bridgehead atoms. The first kappa shape index (κ1) is 9.47. The summed E-state index contributed by atoms with van der Waals surface area (Å²) in [6.45, 7) is 8.93. The van der Waals surface area contributed by atoms with Gasteiger partial charge < -0.3 is 10.1 Å². The Hall–Kier alpha value is -0.0800. The van der Waals surface area contributed by atoms with E-state index in [0.717, 1.165) is 19.1 Å². The van der Waals surface area contributed by atoms with Crippen molar-refractivity contribution >= 4 is 0 Å². The zero-order valence-electron chi connectivity index (χ0n) is 8.97. The molecule has 0 aromatic carbocycles. The van der Waals surface area contributed by atoms with Crippen molar-refractivity contribution in [2.75, 3.05) is 13.2 Å². The lowest BCUT2D eigenvalue weighted by Crippen LogP contribution is -2.49. The summed E-state index contributed by atoms with van der Waals surface area (Å²) in [5.74, 6) is 0.741. The molecule has 2 rings (SSSR count). The van der Waals surface area contributed by atoms with Gasteiger partial charge in [0.1, 0.15) is 0 Å². The second kappa shape index (κ2) is 3.25. The first-order valence-corrected chi connectivity index (χ1v) is 5.44. The number of nitrogens with one attached hydrogen (secondary N) is 1. The van der Waals surface area contributed by atoms with Crippen LogP contribution in [0.15, 0.2) is 0 Å². The SMILES string of the molecule is CC(C)(C)C1CCC2NCCOC21. The minimum Gasteiger partial charge on any atom is -0.375 e. The van der Waals surface area contributed by atoms with E-state index in [0.29, 0.717) is 17.6 Å². The average Bonchev–Trinajstić information content (AvgIpc) is 2.45.